The molecule has 2 aliphatic rings. The second kappa shape index (κ2) is 4.80. The standard InChI is InChI=1S/C17H24N2O/c1-17(2)10-4-7-13(17)16(20)19-11-5-6-12-14(18)8-3-9-15(12)19/h3,8-9,13H,4-7,10-11,18H2,1-2H3. The van der Waals surface area contributed by atoms with Crippen molar-refractivity contribution < 1.29 is 4.79 Å². The molecule has 3 rings (SSSR count). The molecule has 108 valence electrons. The van der Waals surface area contributed by atoms with Crippen LogP contribution in [0.15, 0.2) is 18.2 Å². The van der Waals surface area contributed by atoms with Gasteiger partial charge in [-0.15, -0.1) is 0 Å². The molecule has 1 heterocycles. The molecule has 1 unspecified atom stereocenters. The smallest absolute Gasteiger partial charge is 0.230 e. The number of carbonyl (C=O) groups is 1. The number of benzene rings is 1. The second-order valence-corrected chi connectivity index (χ2v) is 6.87. The van der Waals surface area contributed by atoms with E-state index in [2.05, 4.69) is 13.8 Å². The Morgan fingerprint density at radius 1 is 1.35 bits per heavy atom. The van der Waals surface area contributed by atoms with Crippen molar-refractivity contribution in [3.8, 4) is 0 Å². The first-order valence-corrected chi connectivity index (χ1v) is 7.69. The third-order valence-corrected chi connectivity index (χ3v) is 5.11. The van der Waals surface area contributed by atoms with Crippen LogP contribution >= 0.6 is 0 Å². The largest absolute Gasteiger partial charge is 0.398 e. The fraction of sp³-hybridized carbons (Fsp3) is 0.588. The lowest BCUT2D eigenvalue weighted by Gasteiger charge is -2.35. The Labute approximate surface area is 121 Å². The van der Waals surface area contributed by atoms with Crippen LogP contribution in [0.3, 0.4) is 0 Å². The number of nitrogen functional groups attached to an aromatic ring is 1. The molecule has 1 amide bonds. The molecule has 0 radical (unpaired) electrons. The van der Waals surface area contributed by atoms with Gasteiger partial charge in [-0.2, -0.15) is 0 Å². The van der Waals surface area contributed by atoms with Crippen LogP contribution in [0, 0.1) is 11.3 Å². The molecule has 2 N–H and O–H groups in total. The Morgan fingerprint density at radius 3 is 2.85 bits per heavy atom. The molecule has 0 aromatic heterocycles. The molecule has 0 bridgehead atoms. The molecule has 0 spiro atoms. The van der Waals surface area contributed by atoms with Gasteiger partial charge in [-0.05, 0) is 48.8 Å². The lowest BCUT2D eigenvalue weighted by Crippen LogP contribution is -2.42. The Balaban J connectivity index is 1.93. The molecule has 1 aromatic carbocycles. The first kappa shape index (κ1) is 13.5. The lowest BCUT2D eigenvalue weighted by atomic mass is 9.80. The van der Waals surface area contributed by atoms with Crippen molar-refractivity contribution in [3.05, 3.63) is 23.8 Å². The second-order valence-electron chi connectivity index (χ2n) is 6.87. The highest BCUT2D eigenvalue weighted by molar-refractivity contribution is 5.97. The Kier molecular flexibility index (Phi) is 3.23. The fourth-order valence-corrected chi connectivity index (χ4v) is 3.85. The minimum absolute atomic E-state index is 0.134. The normalized spacial score (nSPS) is 24.5. The van der Waals surface area contributed by atoms with Gasteiger partial charge >= 0.3 is 0 Å². The summed E-state index contributed by atoms with van der Waals surface area (Å²) < 4.78 is 0. The number of hydrogen-bond donors (Lipinski definition) is 1. The summed E-state index contributed by atoms with van der Waals surface area (Å²) in [6, 6.07) is 5.94. The summed E-state index contributed by atoms with van der Waals surface area (Å²) in [6.45, 7) is 5.29. The van der Waals surface area contributed by atoms with E-state index in [4.69, 9.17) is 5.73 Å². The average Bonchev–Trinajstić information content (AvgIpc) is 2.77. The molecule has 1 atom stereocenters. The van der Waals surface area contributed by atoms with Crippen molar-refractivity contribution in [2.45, 2.75) is 46.0 Å². The predicted octanol–water partition coefficient (Wildman–Crippen LogP) is 3.37. The highest BCUT2D eigenvalue weighted by Crippen LogP contribution is 2.44. The molecule has 1 aliphatic heterocycles. The van der Waals surface area contributed by atoms with E-state index >= 15 is 0 Å². The first-order valence-electron chi connectivity index (χ1n) is 7.69. The number of rotatable bonds is 1. The van der Waals surface area contributed by atoms with Crippen molar-refractivity contribution in [1.82, 2.24) is 0 Å². The summed E-state index contributed by atoms with van der Waals surface area (Å²) in [7, 11) is 0. The highest BCUT2D eigenvalue weighted by Gasteiger charge is 2.42. The van der Waals surface area contributed by atoms with Gasteiger partial charge in [-0.1, -0.05) is 26.3 Å². The van der Waals surface area contributed by atoms with E-state index < -0.39 is 0 Å². The third kappa shape index (κ3) is 2.09. The van der Waals surface area contributed by atoms with Gasteiger partial charge in [0.2, 0.25) is 5.91 Å². The Hall–Kier alpha value is -1.51. The zero-order valence-electron chi connectivity index (χ0n) is 12.5. The van der Waals surface area contributed by atoms with Crippen LogP contribution in [-0.2, 0) is 11.2 Å². The molecule has 0 saturated heterocycles. The fourth-order valence-electron chi connectivity index (χ4n) is 3.85. The molecule has 1 saturated carbocycles. The van der Waals surface area contributed by atoms with E-state index in [0.717, 1.165) is 49.2 Å². The van der Waals surface area contributed by atoms with Crippen LogP contribution in [0.4, 0.5) is 11.4 Å². The van der Waals surface area contributed by atoms with E-state index in [0.29, 0.717) is 5.91 Å². The van der Waals surface area contributed by atoms with Crippen LogP contribution in [0.2, 0.25) is 0 Å². The summed E-state index contributed by atoms with van der Waals surface area (Å²) in [5.41, 5.74) is 9.23. The van der Waals surface area contributed by atoms with E-state index in [-0.39, 0.29) is 11.3 Å². The molecule has 1 fully saturated rings. The van der Waals surface area contributed by atoms with Crippen LogP contribution in [0.25, 0.3) is 0 Å². The van der Waals surface area contributed by atoms with Gasteiger partial charge in [0, 0.05) is 23.8 Å². The Bertz CT molecular complexity index is 536. The number of amides is 1. The lowest BCUT2D eigenvalue weighted by molar-refractivity contribution is -0.125. The minimum Gasteiger partial charge on any atom is -0.398 e. The number of hydrogen-bond acceptors (Lipinski definition) is 2. The Morgan fingerprint density at radius 2 is 2.15 bits per heavy atom. The first-order chi connectivity index (χ1) is 9.50. The molecule has 3 heteroatoms. The zero-order chi connectivity index (χ0) is 14.3. The van der Waals surface area contributed by atoms with Gasteiger partial charge in [0.05, 0.1) is 0 Å². The van der Waals surface area contributed by atoms with Crippen molar-refractivity contribution in [1.29, 1.82) is 0 Å². The number of nitrogens with zero attached hydrogens (tertiary/aromatic N) is 1. The van der Waals surface area contributed by atoms with Gasteiger partial charge in [0.15, 0.2) is 0 Å². The quantitative estimate of drug-likeness (QED) is 0.797. The number of fused-ring (bicyclic) bond motifs is 1. The maximum Gasteiger partial charge on any atom is 0.230 e. The predicted molar refractivity (Wildman–Crippen MR) is 82.7 cm³/mol. The van der Waals surface area contributed by atoms with E-state index in [1.807, 2.05) is 23.1 Å². The van der Waals surface area contributed by atoms with Crippen LogP contribution in [-0.4, -0.2) is 12.5 Å². The topological polar surface area (TPSA) is 46.3 Å². The highest BCUT2D eigenvalue weighted by atomic mass is 16.2. The molecule has 20 heavy (non-hydrogen) atoms. The maximum atomic E-state index is 13.0. The van der Waals surface area contributed by atoms with Crippen LogP contribution in [0.5, 0.6) is 0 Å². The summed E-state index contributed by atoms with van der Waals surface area (Å²) in [6.07, 6.45) is 5.35. The van der Waals surface area contributed by atoms with Gasteiger partial charge < -0.3 is 10.6 Å². The monoisotopic (exact) mass is 272 g/mol. The van der Waals surface area contributed by atoms with Crippen LogP contribution < -0.4 is 10.6 Å². The number of nitrogens with two attached hydrogens (primary N) is 1. The summed E-state index contributed by atoms with van der Waals surface area (Å²) in [5.74, 6) is 0.467. The molecular weight excluding hydrogens is 248 g/mol. The van der Waals surface area contributed by atoms with Gasteiger partial charge in [-0.3, -0.25) is 4.79 Å². The van der Waals surface area contributed by atoms with Gasteiger partial charge in [0.25, 0.3) is 0 Å². The van der Waals surface area contributed by atoms with Crippen molar-refractivity contribution in [2.24, 2.45) is 11.3 Å². The molecule has 3 nitrogen and oxygen atoms in total. The molecular formula is C17H24N2O. The molecule has 1 aromatic rings. The van der Waals surface area contributed by atoms with E-state index in [1.54, 1.807) is 0 Å². The summed E-state index contributed by atoms with van der Waals surface area (Å²) in [5, 5.41) is 0. The number of carbonyl (C=O) groups excluding carboxylic acids is 1. The average molecular weight is 272 g/mol. The van der Waals surface area contributed by atoms with Crippen molar-refractivity contribution in [2.75, 3.05) is 17.2 Å². The van der Waals surface area contributed by atoms with Crippen molar-refractivity contribution in [3.63, 3.8) is 0 Å². The van der Waals surface area contributed by atoms with E-state index in [1.165, 1.54) is 6.42 Å². The number of anilines is 2. The third-order valence-electron chi connectivity index (χ3n) is 5.11. The minimum atomic E-state index is 0.134. The zero-order valence-corrected chi connectivity index (χ0v) is 12.5. The van der Waals surface area contributed by atoms with Gasteiger partial charge in [-0.25, -0.2) is 0 Å². The molecule has 1 aliphatic carbocycles. The van der Waals surface area contributed by atoms with E-state index in [9.17, 15) is 4.79 Å². The van der Waals surface area contributed by atoms with Crippen LogP contribution in [0.1, 0.15) is 45.1 Å². The summed E-state index contributed by atoms with van der Waals surface area (Å²) >= 11 is 0. The summed E-state index contributed by atoms with van der Waals surface area (Å²) in [4.78, 5) is 15.0. The maximum absolute atomic E-state index is 13.0. The van der Waals surface area contributed by atoms with Crippen molar-refractivity contribution >= 4 is 17.3 Å². The van der Waals surface area contributed by atoms with Gasteiger partial charge in [0.1, 0.15) is 0 Å². The SMILES string of the molecule is CC1(C)CCCC1C(=O)N1CCCc2c(N)cccc21.